The standard InChI is InChI=1S/C16H24N4O2/c21-15(8-12-10-22-7-5-17-12)20-6-4-14-13(9-20)16(19-18-14)11-2-1-3-11/h11-12,17H,1-10H2,(H,18,19)/t12-/m0/s1. The quantitative estimate of drug-likeness (QED) is 0.872. The predicted octanol–water partition coefficient (Wildman–Crippen LogP) is 0.940. The van der Waals surface area contributed by atoms with Crippen LogP contribution in [0.25, 0.3) is 0 Å². The number of ether oxygens (including phenoxy) is 1. The van der Waals surface area contributed by atoms with Gasteiger partial charge in [0, 0.05) is 55.7 Å². The zero-order valence-electron chi connectivity index (χ0n) is 12.9. The molecule has 1 aliphatic carbocycles. The Balaban J connectivity index is 1.42. The maximum absolute atomic E-state index is 12.6. The van der Waals surface area contributed by atoms with Gasteiger partial charge in [0.2, 0.25) is 5.91 Å². The van der Waals surface area contributed by atoms with Gasteiger partial charge in [0.1, 0.15) is 0 Å². The first kappa shape index (κ1) is 14.2. The van der Waals surface area contributed by atoms with E-state index >= 15 is 0 Å². The van der Waals surface area contributed by atoms with E-state index in [2.05, 4.69) is 15.5 Å². The van der Waals surface area contributed by atoms with E-state index in [4.69, 9.17) is 4.74 Å². The summed E-state index contributed by atoms with van der Waals surface area (Å²) in [6, 6.07) is 0.165. The van der Waals surface area contributed by atoms with Crippen LogP contribution in [0.3, 0.4) is 0 Å². The van der Waals surface area contributed by atoms with Crippen LogP contribution in [0.2, 0.25) is 0 Å². The molecule has 22 heavy (non-hydrogen) atoms. The summed E-state index contributed by atoms with van der Waals surface area (Å²) >= 11 is 0. The molecule has 1 aromatic heterocycles. The number of aromatic amines is 1. The molecular formula is C16H24N4O2. The first-order valence-electron chi connectivity index (χ1n) is 8.46. The van der Waals surface area contributed by atoms with Crippen molar-refractivity contribution in [1.82, 2.24) is 20.4 Å². The minimum absolute atomic E-state index is 0.165. The van der Waals surface area contributed by atoms with E-state index in [-0.39, 0.29) is 11.9 Å². The fraction of sp³-hybridized carbons (Fsp3) is 0.750. The number of rotatable bonds is 3. The molecule has 120 valence electrons. The zero-order chi connectivity index (χ0) is 14.9. The molecule has 1 saturated heterocycles. The summed E-state index contributed by atoms with van der Waals surface area (Å²) in [7, 11) is 0. The van der Waals surface area contributed by atoms with E-state index in [0.29, 0.717) is 18.9 Å². The maximum atomic E-state index is 12.6. The molecule has 1 amide bonds. The largest absolute Gasteiger partial charge is 0.378 e. The molecule has 1 aromatic rings. The van der Waals surface area contributed by atoms with E-state index < -0.39 is 0 Å². The van der Waals surface area contributed by atoms with Crippen molar-refractivity contribution in [3.05, 3.63) is 17.0 Å². The third kappa shape index (κ3) is 2.65. The lowest BCUT2D eigenvalue weighted by molar-refractivity contribution is -0.133. The molecule has 3 aliphatic rings. The van der Waals surface area contributed by atoms with Crippen LogP contribution < -0.4 is 5.32 Å². The molecule has 0 spiro atoms. The number of carbonyl (C=O) groups excluding carboxylic acids is 1. The Morgan fingerprint density at radius 1 is 1.41 bits per heavy atom. The van der Waals surface area contributed by atoms with Gasteiger partial charge >= 0.3 is 0 Å². The van der Waals surface area contributed by atoms with Gasteiger partial charge in [0.05, 0.1) is 18.9 Å². The molecule has 0 unspecified atom stereocenters. The molecule has 3 heterocycles. The summed E-state index contributed by atoms with van der Waals surface area (Å²) in [5, 5.41) is 11.1. The van der Waals surface area contributed by atoms with Crippen molar-refractivity contribution in [1.29, 1.82) is 0 Å². The Morgan fingerprint density at radius 3 is 3.05 bits per heavy atom. The number of fused-ring (bicyclic) bond motifs is 1. The average Bonchev–Trinajstić information content (AvgIpc) is 2.90. The topological polar surface area (TPSA) is 70.2 Å². The lowest BCUT2D eigenvalue weighted by atomic mass is 9.81. The summed E-state index contributed by atoms with van der Waals surface area (Å²) in [4.78, 5) is 14.6. The van der Waals surface area contributed by atoms with Gasteiger partial charge in [-0.2, -0.15) is 5.10 Å². The minimum Gasteiger partial charge on any atom is -0.378 e. The molecule has 1 saturated carbocycles. The Bertz CT molecular complexity index is 546. The van der Waals surface area contributed by atoms with E-state index in [1.165, 1.54) is 36.2 Å². The number of aromatic nitrogens is 2. The summed E-state index contributed by atoms with van der Waals surface area (Å²) in [5.74, 6) is 0.845. The predicted molar refractivity (Wildman–Crippen MR) is 81.5 cm³/mol. The van der Waals surface area contributed by atoms with Crippen molar-refractivity contribution in [3.8, 4) is 0 Å². The number of carbonyl (C=O) groups is 1. The van der Waals surface area contributed by atoms with Gasteiger partial charge in [0.15, 0.2) is 0 Å². The SMILES string of the molecule is O=C(C[C@H]1COCCN1)N1CCc2[nH]nc(C3CCC3)c2C1. The Hall–Kier alpha value is -1.40. The highest BCUT2D eigenvalue weighted by molar-refractivity contribution is 5.77. The number of morpholine rings is 1. The Morgan fingerprint density at radius 2 is 2.32 bits per heavy atom. The zero-order valence-corrected chi connectivity index (χ0v) is 12.9. The molecule has 2 aliphatic heterocycles. The second kappa shape index (κ2) is 6.01. The van der Waals surface area contributed by atoms with Crippen LogP contribution in [-0.2, 0) is 22.5 Å². The van der Waals surface area contributed by atoms with Crippen LogP contribution in [0.1, 0.15) is 48.6 Å². The average molecular weight is 304 g/mol. The highest BCUT2D eigenvalue weighted by atomic mass is 16.5. The molecule has 1 atom stereocenters. The van der Waals surface area contributed by atoms with Gasteiger partial charge in [-0.05, 0) is 12.8 Å². The number of nitrogens with one attached hydrogen (secondary N) is 2. The summed E-state index contributed by atoms with van der Waals surface area (Å²) in [5.41, 5.74) is 3.75. The maximum Gasteiger partial charge on any atom is 0.224 e. The van der Waals surface area contributed by atoms with Crippen LogP contribution in [0, 0.1) is 0 Å². The first-order chi connectivity index (χ1) is 10.8. The first-order valence-corrected chi connectivity index (χ1v) is 8.46. The number of hydrogen-bond acceptors (Lipinski definition) is 4. The van der Waals surface area contributed by atoms with Crippen LogP contribution in [0.5, 0.6) is 0 Å². The van der Waals surface area contributed by atoms with Crippen molar-refractivity contribution < 1.29 is 9.53 Å². The van der Waals surface area contributed by atoms with Gasteiger partial charge in [-0.1, -0.05) is 6.42 Å². The molecule has 4 rings (SSSR count). The van der Waals surface area contributed by atoms with E-state index in [1.807, 2.05) is 4.90 Å². The van der Waals surface area contributed by atoms with Crippen molar-refractivity contribution in [3.63, 3.8) is 0 Å². The van der Waals surface area contributed by atoms with Crippen molar-refractivity contribution in [2.75, 3.05) is 26.3 Å². The third-order valence-electron chi connectivity index (χ3n) is 5.23. The normalized spacial score (nSPS) is 25.6. The number of amides is 1. The molecule has 6 nitrogen and oxygen atoms in total. The molecule has 0 radical (unpaired) electrons. The van der Waals surface area contributed by atoms with Gasteiger partial charge < -0.3 is 15.0 Å². The fourth-order valence-corrected chi connectivity index (χ4v) is 3.64. The molecule has 2 fully saturated rings. The Kier molecular flexibility index (Phi) is 3.88. The van der Waals surface area contributed by atoms with Crippen molar-refractivity contribution in [2.45, 2.75) is 50.6 Å². The summed E-state index contributed by atoms with van der Waals surface area (Å²) in [6.45, 7) is 3.76. The minimum atomic E-state index is 0.165. The number of hydrogen-bond donors (Lipinski definition) is 2. The molecular weight excluding hydrogens is 280 g/mol. The van der Waals surface area contributed by atoms with Crippen molar-refractivity contribution >= 4 is 5.91 Å². The van der Waals surface area contributed by atoms with Gasteiger partial charge in [-0.3, -0.25) is 9.89 Å². The van der Waals surface area contributed by atoms with Crippen LogP contribution in [0.15, 0.2) is 0 Å². The van der Waals surface area contributed by atoms with Crippen LogP contribution >= 0.6 is 0 Å². The number of H-pyrrole nitrogens is 1. The number of nitrogens with zero attached hydrogens (tertiary/aromatic N) is 2. The molecule has 6 heteroatoms. The second-order valence-electron chi connectivity index (χ2n) is 6.69. The van der Waals surface area contributed by atoms with Crippen LogP contribution in [0.4, 0.5) is 0 Å². The highest BCUT2D eigenvalue weighted by Gasteiger charge is 2.31. The van der Waals surface area contributed by atoms with E-state index in [0.717, 1.165) is 32.7 Å². The van der Waals surface area contributed by atoms with Gasteiger partial charge in [-0.25, -0.2) is 0 Å². The van der Waals surface area contributed by atoms with Crippen LogP contribution in [-0.4, -0.2) is 53.3 Å². The smallest absolute Gasteiger partial charge is 0.224 e. The Labute approximate surface area is 130 Å². The molecule has 0 aromatic carbocycles. The third-order valence-corrected chi connectivity index (χ3v) is 5.23. The summed E-state index contributed by atoms with van der Waals surface area (Å²) in [6.07, 6.45) is 5.23. The van der Waals surface area contributed by atoms with Gasteiger partial charge in [-0.15, -0.1) is 0 Å². The molecule has 0 bridgehead atoms. The summed E-state index contributed by atoms with van der Waals surface area (Å²) < 4.78 is 5.44. The molecule has 2 N–H and O–H groups in total. The highest BCUT2D eigenvalue weighted by Crippen LogP contribution is 2.38. The fourth-order valence-electron chi connectivity index (χ4n) is 3.64. The van der Waals surface area contributed by atoms with Crippen molar-refractivity contribution in [2.24, 2.45) is 0 Å². The van der Waals surface area contributed by atoms with Gasteiger partial charge in [0.25, 0.3) is 0 Å². The monoisotopic (exact) mass is 304 g/mol. The lowest BCUT2D eigenvalue weighted by Crippen LogP contribution is -2.46. The second-order valence-corrected chi connectivity index (χ2v) is 6.69. The van der Waals surface area contributed by atoms with E-state index in [9.17, 15) is 4.79 Å². The van der Waals surface area contributed by atoms with E-state index in [1.54, 1.807) is 0 Å². The lowest BCUT2D eigenvalue weighted by Gasteiger charge is -2.32.